The van der Waals surface area contributed by atoms with Crippen molar-refractivity contribution in [2.75, 3.05) is 20.3 Å². The Balaban J connectivity index is 2.70. The van der Waals surface area contributed by atoms with Crippen molar-refractivity contribution in [1.29, 1.82) is 5.26 Å². The molecule has 21 heavy (non-hydrogen) atoms. The Morgan fingerprint density at radius 1 is 1.33 bits per heavy atom. The topological polar surface area (TPSA) is 54.3 Å². The van der Waals surface area contributed by atoms with Gasteiger partial charge in [-0.25, -0.2) is 0 Å². The van der Waals surface area contributed by atoms with Gasteiger partial charge in [0.25, 0.3) is 0 Å². The summed E-state index contributed by atoms with van der Waals surface area (Å²) >= 11 is 0. The van der Waals surface area contributed by atoms with E-state index in [0.717, 1.165) is 42.9 Å². The number of nitrogens with zero attached hydrogens (tertiary/aromatic N) is 1. The monoisotopic (exact) mass is 290 g/mol. The van der Waals surface area contributed by atoms with Crippen LogP contribution in [0.15, 0.2) is 18.2 Å². The molecule has 1 atom stereocenters. The summed E-state index contributed by atoms with van der Waals surface area (Å²) in [5.74, 6) is 1.66. The lowest BCUT2D eigenvalue weighted by Crippen LogP contribution is -2.20. The zero-order valence-corrected chi connectivity index (χ0v) is 13.3. The molecule has 1 N–H and O–H groups in total. The first kappa shape index (κ1) is 17.3. The number of nitriles is 1. The Labute approximate surface area is 128 Å². The quantitative estimate of drug-likeness (QED) is 0.665. The van der Waals surface area contributed by atoms with Crippen LogP contribution in [0, 0.1) is 11.3 Å². The van der Waals surface area contributed by atoms with Gasteiger partial charge in [0.2, 0.25) is 0 Å². The van der Waals surface area contributed by atoms with Crippen LogP contribution in [0.2, 0.25) is 0 Å². The third-order valence-electron chi connectivity index (χ3n) is 3.33. The van der Waals surface area contributed by atoms with Gasteiger partial charge in [-0.3, -0.25) is 0 Å². The first-order chi connectivity index (χ1) is 10.2. The predicted molar refractivity (Wildman–Crippen MR) is 84.7 cm³/mol. The minimum absolute atomic E-state index is 0.241. The summed E-state index contributed by atoms with van der Waals surface area (Å²) in [6.45, 7) is 5.90. The smallest absolute Gasteiger partial charge is 0.127 e. The number of hydrogen-bond acceptors (Lipinski definition) is 4. The van der Waals surface area contributed by atoms with E-state index in [2.05, 4.69) is 31.3 Å². The lowest BCUT2D eigenvalue weighted by atomic mass is 10.1. The molecule has 0 radical (unpaired) electrons. The van der Waals surface area contributed by atoms with Gasteiger partial charge in [-0.2, -0.15) is 5.26 Å². The van der Waals surface area contributed by atoms with Crippen LogP contribution in [0.25, 0.3) is 0 Å². The molecule has 0 saturated heterocycles. The van der Waals surface area contributed by atoms with Crippen molar-refractivity contribution in [1.82, 2.24) is 5.32 Å². The van der Waals surface area contributed by atoms with Crippen molar-refractivity contribution in [3.8, 4) is 17.6 Å². The fourth-order valence-electron chi connectivity index (χ4n) is 2.08. The van der Waals surface area contributed by atoms with Gasteiger partial charge in [0.1, 0.15) is 11.5 Å². The molecule has 1 rings (SSSR count). The van der Waals surface area contributed by atoms with Crippen LogP contribution >= 0.6 is 0 Å². The van der Waals surface area contributed by atoms with Crippen molar-refractivity contribution < 1.29 is 9.47 Å². The van der Waals surface area contributed by atoms with Crippen LogP contribution in [-0.2, 0) is 0 Å². The Bertz CT molecular complexity index is 455. The molecule has 1 aromatic rings. The molecule has 0 aliphatic heterocycles. The van der Waals surface area contributed by atoms with E-state index in [0.29, 0.717) is 13.0 Å². The minimum Gasteiger partial charge on any atom is -0.497 e. The molecule has 0 aliphatic carbocycles. The van der Waals surface area contributed by atoms with Gasteiger partial charge in [0.05, 0.1) is 19.8 Å². The zero-order chi connectivity index (χ0) is 15.5. The number of unbranched alkanes of at least 4 members (excludes halogenated alkanes) is 2. The first-order valence-corrected chi connectivity index (χ1v) is 7.64. The van der Waals surface area contributed by atoms with Gasteiger partial charge in [-0.05, 0) is 38.8 Å². The maximum atomic E-state index is 8.53. The largest absolute Gasteiger partial charge is 0.497 e. The van der Waals surface area contributed by atoms with Gasteiger partial charge in [-0.15, -0.1) is 0 Å². The number of hydrogen-bond donors (Lipinski definition) is 1. The van der Waals surface area contributed by atoms with E-state index in [1.165, 1.54) is 0 Å². The van der Waals surface area contributed by atoms with E-state index in [1.54, 1.807) is 7.11 Å². The molecule has 0 bridgehead atoms. The van der Waals surface area contributed by atoms with E-state index < -0.39 is 0 Å². The highest BCUT2D eigenvalue weighted by molar-refractivity contribution is 5.42. The van der Waals surface area contributed by atoms with Crippen LogP contribution in [0.5, 0.6) is 11.5 Å². The summed E-state index contributed by atoms with van der Waals surface area (Å²) in [5.41, 5.74) is 1.14. The van der Waals surface area contributed by atoms with Crippen LogP contribution in [-0.4, -0.2) is 20.3 Å². The molecular weight excluding hydrogens is 264 g/mol. The summed E-state index contributed by atoms with van der Waals surface area (Å²) in [6, 6.07) is 8.34. The summed E-state index contributed by atoms with van der Waals surface area (Å²) in [4.78, 5) is 0. The molecule has 0 saturated carbocycles. The van der Waals surface area contributed by atoms with Crippen LogP contribution in [0.3, 0.4) is 0 Å². The van der Waals surface area contributed by atoms with Gasteiger partial charge in [0.15, 0.2) is 0 Å². The van der Waals surface area contributed by atoms with E-state index >= 15 is 0 Å². The molecule has 0 spiro atoms. The summed E-state index contributed by atoms with van der Waals surface area (Å²) in [7, 11) is 1.66. The van der Waals surface area contributed by atoms with Crippen LogP contribution < -0.4 is 14.8 Å². The molecule has 0 heterocycles. The highest BCUT2D eigenvalue weighted by Gasteiger charge is 2.12. The Morgan fingerprint density at radius 2 is 2.14 bits per heavy atom. The van der Waals surface area contributed by atoms with Crippen molar-refractivity contribution in [2.24, 2.45) is 0 Å². The van der Waals surface area contributed by atoms with Gasteiger partial charge >= 0.3 is 0 Å². The molecule has 1 aromatic carbocycles. The standard InChI is InChI=1S/C17H26N2O2/c1-4-11-19-14(2)16-9-8-15(20-3)13-17(16)21-12-7-5-6-10-18/h8-9,13-14,19H,4-7,11-12H2,1-3H3. The normalized spacial score (nSPS) is 11.7. The molecule has 4 heteroatoms. The fraction of sp³-hybridized carbons (Fsp3) is 0.588. The number of rotatable bonds is 10. The van der Waals surface area contributed by atoms with E-state index in [-0.39, 0.29) is 6.04 Å². The maximum Gasteiger partial charge on any atom is 0.127 e. The highest BCUT2D eigenvalue weighted by atomic mass is 16.5. The molecule has 4 nitrogen and oxygen atoms in total. The lowest BCUT2D eigenvalue weighted by Gasteiger charge is -2.19. The van der Waals surface area contributed by atoms with E-state index in [4.69, 9.17) is 14.7 Å². The van der Waals surface area contributed by atoms with Crippen molar-refractivity contribution in [2.45, 2.75) is 45.6 Å². The van der Waals surface area contributed by atoms with E-state index in [9.17, 15) is 0 Å². The Kier molecular flexibility index (Phi) is 8.30. The molecule has 0 aliphatic rings. The first-order valence-electron chi connectivity index (χ1n) is 7.64. The number of methoxy groups -OCH3 is 1. The van der Waals surface area contributed by atoms with Crippen LogP contribution in [0.4, 0.5) is 0 Å². The number of benzene rings is 1. The summed E-state index contributed by atoms with van der Waals surface area (Å²) < 4.78 is 11.2. The minimum atomic E-state index is 0.241. The Hall–Kier alpha value is -1.73. The molecule has 0 amide bonds. The van der Waals surface area contributed by atoms with Gasteiger partial charge in [-0.1, -0.05) is 13.0 Å². The van der Waals surface area contributed by atoms with Gasteiger partial charge < -0.3 is 14.8 Å². The third-order valence-corrected chi connectivity index (χ3v) is 3.33. The molecular formula is C17H26N2O2. The van der Waals surface area contributed by atoms with Crippen LogP contribution in [0.1, 0.15) is 51.1 Å². The fourth-order valence-corrected chi connectivity index (χ4v) is 2.08. The number of ether oxygens (including phenoxy) is 2. The molecule has 0 aromatic heterocycles. The third kappa shape index (κ3) is 6.05. The molecule has 1 unspecified atom stereocenters. The summed E-state index contributed by atoms with van der Waals surface area (Å²) in [5, 5.41) is 12.0. The lowest BCUT2D eigenvalue weighted by molar-refractivity contribution is 0.299. The predicted octanol–water partition coefficient (Wildman–Crippen LogP) is 3.83. The highest BCUT2D eigenvalue weighted by Crippen LogP contribution is 2.29. The number of nitrogens with one attached hydrogen (secondary N) is 1. The van der Waals surface area contributed by atoms with Gasteiger partial charge in [0, 0.05) is 24.1 Å². The zero-order valence-electron chi connectivity index (χ0n) is 13.3. The second kappa shape index (κ2) is 10.1. The SMILES string of the molecule is CCCNC(C)c1ccc(OC)cc1OCCCCC#N. The van der Waals surface area contributed by atoms with Crippen molar-refractivity contribution in [3.05, 3.63) is 23.8 Å². The molecule has 116 valence electrons. The second-order valence-corrected chi connectivity index (χ2v) is 5.04. The van der Waals surface area contributed by atoms with E-state index in [1.807, 2.05) is 12.1 Å². The molecule has 0 fully saturated rings. The van der Waals surface area contributed by atoms with Crippen molar-refractivity contribution in [3.63, 3.8) is 0 Å². The Morgan fingerprint density at radius 3 is 2.81 bits per heavy atom. The average Bonchev–Trinajstić information content (AvgIpc) is 2.52. The second-order valence-electron chi connectivity index (χ2n) is 5.04. The summed E-state index contributed by atoms with van der Waals surface area (Å²) in [6.07, 6.45) is 3.45. The average molecular weight is 290 g/mol. The van der Waals surface area contributed by atoms with Crippen molar-refractivity contribution >= 4 is 0 Å². The maximum absolute atomic E-state index is 8.53.